The molecule has 0 aliphatic carbocycles. The van der Waals surface area contributed by atoms with Gasteiger partial charge in [0.15, 0.2) is 5.82 Å². The summed E-state index contributed by atoms with van der Waals surface area (Å²) in [5, 5.41) is 6.41. The molecule has 2 aromatic heterocycles. The molecule has 0 bridgehead atoms. The van der Waals surface area contributed by atoms with E-state index in [-0.39, 0.29) is 29.9 Å². The average Bonchev–Trinajstić information content (AvgIpc) is 2.84. The number of carbonyl (C=O) groups excluding carboxylic acids is 1. The molecule has 1 N–H and O–H groups in total. The summed E-state index contributed by atoms with van der Waals surface area (Å²) >= 11 is 0. The Morgan fingerprint density at radius 2 is 1.88 bits per heavy atom. The Labute approximate surface area is 192 Å². The number of nitrogens with one attached hydrogen (secondary N) is 1. The minimum atomic E-state index is -4.49. The lowest BCUT2D eigenvalue weighted by molar-refractivity contribution is -0.138. The SMILES string of the molecule is C#Cc1cc(N2CCO[C@H](CC(=O)N3CCN(c4ncc(C(F)(F)F)cn4)CC3)C2)n[nH]c1=O. The molecule has 2 aromatic rings. The molecule has 1 atom stereocenters. The third-order valence-electron chi connectivity index (χ3n) is 5.69. The molecule has 0 spiro atoms. The van der Waals surface area contributed by atoms with E-state index in [2.05, 4.69) is 26.1 Å². The molecule has 4 heterocycles. The molecule has 0 aromatic carbocycles. The Kier molecular flexibility index (Phi) is 6.69. The molecule has 180 valence electrons. The number of amides is 1. The highest BCUT2D eigenvalue weighted by Crippen LogP contribution is 2.28. The highest BCUT2D eigenvalue weighted by Gasteiger charge is 2.32. The van der Waals surface area contributed by atoms with Gasteiger partial charge in [-0.1, -0.05) is 5.92 Å². The molecule has 0 radical (unpaired) electrons. The van der Waals surface area contributed by atoms with Crippen LogP contribution in [-0.4, -0.2) is 83.0 Å². The van der Waals surface area contributed by atoms with Gasteiger partial charge in [0.1, 0.15) is 0 Å². The summed E-state index contributed by atoms with van der Waals surface area (Å²) in [5.74, 6) is 2.95. The van der Waals surface area contributed by atoms with E-state index in [1.807, 2.05) is 4.90 Å². The van der Waals surface area contributed by atoms with Crippen molar-refractivity contribution in [2.75, 3.05) is 55.7 Å². The second-order valence-corrected chi connectivity index (χ2v) is 7.89. The number of ether oxygens (including phenoxy) is 1. The van der Waals surface area contributed by atoms with Crippen LogP contribution >= 0.6 is 0 Å². The van der Waals surface area contributed by atoms with Crippen LogP contribution in [0.25, 0.3) is 0 Å². The number of H-pyrrole nitrogens is 1. The molecule has 0 unspecified atom stereocenters. The Morgan fingerprint density at radius 3 is 2.53 bits per heavy atom. The van der Waals surface area contributed by atoms with Gasteiger partial charge in [-0.25, -0.2) is 15.1 Å². The molecule has 10 nitrogen and oxygen atoms in total. The zero-order valence-corrected chi connectivity index (χ0v) is 18.1. The lowest BCUT2D eigenvalue weighted by Gasteiger charge is -2.37. The van der Waals surface area contributed by atoms with Gasteiger partial charge in [0.25, 0.3) is 5.56 Å². The van der Waals surface area contributed by atoms with Crippen molar-refractivity contribution in [1.29, 1.82) is 0 Å². The summed E-state index contributed by atoms with van der Waals surface area (Å²) in [6, 6.07) is 1.53. The topological polar surface area (TPSA) is 108 Å². The molecule has 2 aliphatic rings. The van der Waals surface area contributed by atoms with Crippen molar-refractivity contribution in [1.82, 2.24) is 25.1 Å². The molecule has 2 aliphatic heterocycles. The van der Waals surface area contributed by atoms with Crippen LogP contribution in [-0.2, 0) is 15.7 Å². The monoisotopic (exact) mass is 477 g/mol. The summed E-state index contributed by atoms with van der Waals surface area (Å²) in [6.45, 7) is 2.95. The van der Waals surface area contributed by atoms with Crippen molar-refractivity contribution in [2.45, 2.75) is 18.7 Å². The lowest BCUT2D eigenvalue weighted by atomic mass is 10.1. The zero-order valence-electron chi connectivity index (χ0n) is 18.1. The first-order valence-corrected chi connectivity index (χ1v) is 10.6. The van der Waals surface area contributed by atoms with E-state index in [9.17, 15) is 22.8 Å². The average molecular weight is 477 g/mol. The number of aromatic nitrogens is 4. The van der Waals surface area contributed by atoms with E-state index in [0.717, 1.165) is 12.4 Å². The fourth-order valence-corrected chi connectivity index (χ4v) is 3.83. The maximum Gasteiger partial charge on any atom is 0.419 e. The van der Waals surface area contributed by atoms with E-state index in [4.69, 9.17) is 11.2 Å². The van der Waals surface area contributed by atoms with Gasteiger partial charge in [-0.05, 0) is 0 Å². The predicted octanol–water partition coefficient (Wildman–Crippen LogP) is 0.504. The fourth-order valence-electron chi connectivity index (χ4n) is 3.83. The maximum absolute atomic E-state index is 12.8. The second kappa shape index (κ2) is 9.68. The number of piperazine rings is 1. The Hall–Kier alpha value is -3.66. The number of halogens is 3. The van der Waals surface area contributed by atoms with Crippen molar-refractivity contribution in [3.8, 4) is 12.3 Å². The van der Waals surface area contributed by atoms with Gasteiger partial charge in [-0.3, -0.25) is 9.59 Å². The maximum atomic E-state index is 12.8. The lowest BCUT2D eigenvalue weighted by Crippen LogP contribution is -2.51. The molecule has 34 heavy (non-hydrogen) atoms. The summed E-state index contributed by atoms with van der Waals surface area (Å²) < 4.78 is 43.8. The van der Waals surface area contributed by atoms with Crippen molar-refractivity contribution >= 4 is 17.7 Å². The molecule has 2 fully saturated rings. The Bertz CT molecular complexity index is 1120. The fraction of sp³-hybridized carbons (Fsp3) is 0.476. The van der Waals surface area contributed by atoms with Crippen LogP contribution in [0.2, 0.25) is 0 Å². The van der Waals surface area contributed by atoms with Crippen molar-refractivity contribution in [3.63, 3.8) is 0 Å². The standard InChI is InChI=1S/C21H22F3N7O3/c1-2-14-9-17(27-28-19(14)33)31-7-8-34-16(13-31)10-18(32)29-3-5-30(6-4-29)20-25-11-15(12-26-20)21(22,23)24/h1,9,11-12,16H,3-8,10,13H2,(H,28,33)/t16-/m1/s1. The molecule has 0 saturated carbocycles. The first-order valence-electron chi connectivity index (χ1n) is 10.6. The number of rotatable bonds is 4. The third-order valence-corrected chi connectivity index (χ3v) is 5.69. The van der Waals surface area contributed by atoms with Crippen LogP contribution < -0.4 is 15.4 Å². The number of carbonyl (C=O) groups is 1. The number of terminal acetylenes is 1. The van der Waals surface area contributed by atoms with Gasteiger partial charge in [-0.15, -0.1) is 6.42 Å². The number of aromatic amines is 1. The van der Waals surface area contributed by atoms with E-state index in [1.165, 1.54) is 6.07 Å². The van der Waals surface area contributed by atoms with Crippen molar-refractivity contribution in [2.24, 2.45) is 0 Å². The number of morpholine rings is 1. The molecule has 2 saturated heterocycles. The van der Waals surface area contributed by atoms with Gasteiger partial charge in [0, 0.05) is 57.7 Å². The van der Waals surface area contributed by atoms with E-state index >= 15 is 0 Å². The molecule has 4 rings (SSSR count). The second-order valence-electron chi connectivity index (χ2n) is 7.89. The summed E-state index contributed by atoms with van der Waals surface area (Å²) in [6.07, 6.45) is 2.18. The molecule has 1 amide bonds. The van der Waals surface area contributed by atoms with Crippen LogP contribution in [0.5, 0.6) is 0 Å². The highest BCUT2D eigenvalue weighted by atomic mass is 19.4. The van der Waals surface area contributed by atoms with Crippen molar-refractivity contribution < 1.29 is 22.7 Å². The first-order chi connectivity index (χ1) is 16.2. The highest BCUT2D eigenvalue weighted by molar-refractivity contribution is 5.77. The third kappa shape index (κ3) is 5.28. The number of hydrogen-bond acceptors (Lipinski definition) is 8. The summed E-state index contributed by atoms with van der Waals surface area (Å²) in [4.78, 5) is 37.4. The number of anilines is 2. The van der Waals surface area contributed by atoms with Gasteiger partial charge < -0.3 is 19.4 Å². The van der Waals surface area contributed by atoms with Crippen LogP contribution in [0, 0.1) is 12.3 Å². The smallest absolute Gasteiger partial charge is 0.374 e. The van der Waals surface area contributed by atoms with Gasteiger partial charge in [0.2, 0.25) is 11.9 Å². The Balaban J connectivity index is 1.30. The van der Waals surface area contributed by atoms with Crippen LogP contribution in [0.1, 0.15) is 17.5 Å². The zero-order chi connectivity index (χ0) is 24.3. The van der Waals surface area contributed by atoms with Gasteiger partial charge in [0.05, 0.1) is 30.3 Å². The van der Waals surface area contributed by atoms with E-state index in [0.29, 0.717) is 51.7 Å². The minimum Gasteiger partial charge on any atom is -0.374 e. The Morgan fingerprint density at radius 1 is 1.18 bits per heavy atom. The van der Waals surface area contributed by atoms with Gasteiger partial charge in [-0.2, -0.15) is 18.3 Å². The van der Waals surface area contributed by atoms with E-state index in [1.54, 1.807) is 9.80 Å². The van der Waals surface area contributed by atoms with Crippen LogP contribution in [0.15, 0.2) is 23.3 Å². The van der Waals surface area contributed by atoms with Crippen molar-refractivity contribution in [3.05, 3.63) is 39.9 Å². The molecular formula is C21H22F3N7O3. The normalized spacial score (nSPS) is 19.1. The van der Waals surface area contributed by atoms with Gasteiger partial charge >= 0.3 is 6.18 Å². The summed E-state index contributed by atoms with van der Waals surface area (Å²) in [5.41, 5.74) is -1.16. The number of hydrogen-bond donors (Lipinski definition) is 1. The quantitative estimate of drug-likeness (QED) is 0.635. The minimum absolute atomic E-state index is 0.0846. The van der Waals surface area contributed by atoms with E-state index < -0.39 is 17.3 Å². The largest absolute Gasteiger partial charge is 0.419 e. The summed E-state index contributed by atoms with van der Waals surface area (Å²) in [7, 11) is 0. The number of nitrogens with zero attached hydrogens (tertiary/aromatic N) is 6. The van der Waals surface area contributed by atoms with Crippen LogP contribution in [0.4, 0.5) is 24.9 Å². The number of alkyl halides is 3. The molecular weight excluding hydrogens is 455 g/mol. The first kappa shape index (κ1) is 23.5. The predicted molar refractivity (Wildman–Crippen MR) is 115 cm³/mol. The molecule has 13 heteroatoms. The van der Waals surface area contributed by atoms with Crippen LogP contribution in [0.3, 0.4) is 0 Å².